The predicted octanol–water partition coefficient (Wildman–Crippen LogP) is 8.41. The van der Waals surface area contributed by atoms with E-state index in [2.05, 4.69) is 33.0 Å². The quantitative estimate of drug-likeness (QED) is 0.0661. The number of rotatable bonds is 12. The van der Waals surface area contributed by atoms with Gasteiger partial charge in [-0.1, -0.05) is 72.3 Å². The van der Waals surface area contributed by atoms with E-state index in [4.69, 9.17) is 16.3 Å². The lowest BCUT2D eigenvalue weighted by Crippen LogP contribution is -2.30. The van der Waals surface area contributed by atoms with Crippen LogP contribution in [0.1, 0.15) is 49.2 Å². The van der Waals surface area contributed by atoms with E-state index in [1.165, 1.54) is 60.0 Å². The molecule has 9 nitrogen and oxygen atoms in total. The third-order valence-electron chi connectivity index (χ3n) is 8.60. The maximum atomic E-state index is 14.7. The average Bonchev–Trinajstić information content (AvgIpc) is 3.53. The molecule has 0 spiro atoms. The molecule has 54 heavy (non-hydrogen) atoms. The Hall–Kier alpha value is -5.27. The van der Waals surface area contributed by atoms with Crippen molar-refractivity contribution in [1.82, 2.24) is 10.2 Å². The van der Waals surface area contributed by atoms with Gasteiger partial charge in [0, 0.05) is 46.2 Å². The van der Waals surface area contributed by atoms with Crippen molar-refractivity contribution in [2.24, 2.45) is 0 Å². The summed E-state index contributed by atoms with van der Waals surface area (Å²) in [5, 5.41) is 8.23. The highest BCUT2D eigenvalue weighted by Gasteiger charge is 2.30. The van der Waals surface area contributed by atoms with E-state index in [0.717, 1.165) is 23.5 Å². The molecule has 1 aliphatic rings. The Morgan fingerprint density at radius 3 is 2.41 bits per heavy atom. The molecule has 5 aromatic rings. The summed E-state index contributed by atoms with van der Waals surface area (Å²) in [6.45, 7) is 3.94. The number of thioether (sulfide) groups is 1. The highest BCUT2D eigenvalue weighted by atomic mass is 35.5. The van der Waals surface area contributed by atoms with E-state index >= 15 is 0 Å². The number of hydrogen-bond acceptors (Lipinski definition) is 8. The number of anilines is 2. The molecule has 4 aromatic carbocycles. The van der Waals surface area contributed by atoms with E-state index in [9.17, 15) is 23.6 Å². The molecule has 3 N–H and O–H groups in total. The second-order valence-electron chi connectivity index (χ2n) is 12.4. The fourth-order valence-electron chi connectivity index (χ4n) is 5.89. The minimum absolute atomic E-state index is 0.0615. The fraction of sp³-hybridized carbons (Fsp3) is 0.171. The van der Waals surface area contributed by atoms with E-state index in [1.54, 1.807) is 61.5 Å². The molecule has 13 heteroatoms. The Labute approximate surface area is 325 Å². The summed E-state index contributed by atoms with van der Waals surface area (Å²) in [6.07, 6.45) is 1.84. The molecule has 2 heterocycles. The van der Waals surface area contributed by atoms with Crippen molar-refractivity contribution in [3.8, 4) is 0 Å². The van der Waals surface area contributed by atoms with Crippen molar-refractivity contribution in [3.05, 3.63) is 152 Å². The molecule has 6 rings (SSSR count). The van der Waals surface area contributed by atoms with Gasteiger partial charge >= 0.3 is 5.97 Å². The highest BCUT2D eigenvalue weighted by Crippen LogP contribution is 2.39. The molecule has 1 aliphatic heterocycles. The molecule has 3 amide bonds. The maximum Gasteiger partial charge on any atom is 0.341 e. The van der Waals surface area contributed by atoms with E-state index in [-0.39, 0.29) is 22.2 Å². The monoisotopic (exact) mass is 782 g/mol. The van der Waals surface area contributed by atoms with Crippen LogP contribution in [0.5, 0.6) is 0 Å². The second kappa shape index (κ2) is 17.7. The van der Waals surface area contributed by atoms with Crippen molar-refractivity contribution in [2.45, 2.75) is 36.6 Å². The number of carbonyl (C=O) groups excluding carboxylic acids is 4. The molecule has 0 fully saturated rings. The fourth-order valence-corrected chi connectivity index (χ4v) is 8.32. The van der Waals surface area contributed by atoms with Crippen LogP contribution < -0.4 is 16.0 Å². The molecule has 0 saturated heterocycles. The zero-order valence-corrected chi connectivity index (χ0v) is 31.7. The average molecular weight is 783 g/mol. The van der Waals surface area contributed by atoms with Gasteiger partial charge in [-0.15, -0.1) is 23.1 Å². The van der Waals surface area contributed by atoms with Gasteiger partial charge < -0.3 is 20.7 Å². The molecule has 0 saturated carbocycles. The third-order valence-corrected chi connectivity index (χ3v) is 11.2. The summed E-state index contributed by atoms with van der Waals surface area (Å²) in [7, 11) is 1.33. The summed E-state index contributed by atoms with van der Waals surface area (Å²) in [4.78, 5) is 57.1. The van der Waals surface area contributed by atoms with Gasteiger partial charge in [-0.25, -0.2) is 9.18 Å². The SMILES string of the molecule is COC(=O)c1c(NC(=O)C(C)Sc2cccc(NC(=O)/C(=C\c3c(F)cccc3Cl)NC(=O)c3ccccc3)c2)sc2c1CCN(Cc1ccccc1)C2. The molecule has 276 valence electrons. The molecular weight excluding hydrogens is 747 g/mol. The van der Waals surface area contributed by atoms with Gasteiger partial charge in [0.25, 0.3) is 11.8 Å². The Balaban J connectivity index is 1.15. The van der Waals surface area contributed by atoms with Crippen molar-refractivity contribution in [1.29, 1.82) is 0 Å². The molecule has 0 bridgehead atoms. The van der Waals surface area contributed by atoms with Crippen LogP contribution in [0, 0.1) is 5.82 Å². The van der Waals surface area contributed by atoms with Crippen molar-refractivity contribution >= 4 is 75.2 Å². The normalized spacial score (nSPS) is 13.4. The van der Waals surface area contributed by atoms with Crippen LogP contribution in [0.2, 0.25) is 5.02 Å². The lowest BCUT2D eigenvalue weighted by molar-refractivity contribution is -0.115. The second-order valence-corrected chi connectivity index (χ2v) is 15.3. The maximum absolute atomic E-state index is 14.7. The lowest BCUT2D eigenvalue weighted by atomic mass is 10.0. The van der Waals surface area contributed by atoms with Crippen LogP contribution in [-0.4, -0.2) is 47.5 Å². The number of ether oxygens (including phenoxy) is 1. The van der Waals surface area contributed by atoms with Gasteiger partial charge in [-0.05, 0) is 73.0 Å². The topological polar surface area (TPSA) is 117 Å². The van der Waals surface area contributed by atoms with Crippen LogP contribution >= 0.6 is 34.7 Å². The summed E-state index contributed by atoms with van der Waals surface area (Å²) in [5.41, 5.74) is 2.88. The Bertz CT molecular complexity index is 2190. The lowest BCUT2D eigenvalue weighted by Gasteiger charge is -2.27. The highest BCUT2D eigenvalue weighted by molar-refractivity contribution is 8.00. The van der Waals surface area contributed by atoms with E-state index < -0.39 is 28.9 Å². The standard InChI is InChI=1S/C41H36ClFN4O5S2/c1-25(37(48)46-40-36(41(51)52-2)30-19-20-47(24-35(30)54-40)23-26-11-5-3-6-12-26)53-29-16-9-15-28(21-29)44-39(50)34(22-31-32(42)17-10-18-33(31)43)45-38(49)27-13-7-4-8-14-27/h3-18,21-22,25H,19-20,23-24H2,1-2H3,(H,44,50)(H,45,49)(H,46,48)/b34-22+. The van der Waals surface area contributed by atoms with E-state index in [0.29, 0.717) is 39.7 Å². The van der Waals surface area contributed by atoms with Gasteiger partial charge in [0.1, 0.15) is 16.5 Å². The number of nitrogens with zero attached hydrogens (tertiary/aromatic N) is 1. The van der Waals surface area contributed by atoms with Crippen molar-refractivity contribution in [3.63, 3.8) is 0 Å². The number of thiophene rings is 1. The Morgan fingerprint density at radius 2 is 1.69 bits per heavy atom. The summed E-state index contributed by atoms with van der Waals surface area (Å²) < 4.78 is 19.9. The summed E-state index contributed by atoms with van der Waals surface area (Å²) >= 11 is 8.89. The number of fused-ring (bicyclic) bond motifs is 1. The largest absolute Gasteiger partial charge is 0.465 e. The van der Waals surface area contributed by atoms with Gasteiger partial charge in [-0.3, -0.25) is 19.3 Å². The van der Waals surface area contributed by atoms with Crippen LogP contribution in [0.3, 0.4) is 0 Å². The first-order valence-corrected chi connectivity index (χ1v) is 19.1. The number of amides is 3. The van der Waals surface area contributed by atoms with Crippen LogP contribution in [0.4, 0.5) is 15.1 Å². The molecule has 1 atom stereocenters. The first-order chi connectivity index (χ1) is 26.1. The first-order valence-electron chi connectivity index (χ1n) is 17.0. The Kier molecular flexibility index (Phi) is 12.6. The van der Waals surface area contributed by atoms with E-state index in [1.807, 2.05) is 18.2 Å². The predicted molar refractivity (Wildman–Crippen MR) is 212 cm³/mol. The summed E-state index contributed by atoms with van der Waals surface area (Å²) in [5.74, 6) is -2.76. The molecule has 0 radical (unpaired) electrons. The Morgan fingerprint density at radius 1 is 0.963 bits per heavy atom. The minimum atomic E-state index is -0.717. The van der Waals surface area contributed by atoms with Gasteiger partial charge in [0.05, 0.1) is 22.9 Å². The zero-order valence-electron chi connectivity index (χ0n) is 29.4. The van der Waals surface area contributed by atoms with Crippen LogP contribution in [-0.2, 0) is 33.8 Å². The number of carbonyl (C=O) groups is 4. The molecule has 1 aromatic heterocycles. The number of benzene rings is 4. The smallest absolute Gasteiger partial charge is 0.341 e. The molecule has 0 aliphatic carbocycles. The van der Waals surface area contributed by atoms with Crippen LogP contribution in [0.25, 0.3) is 6.08 Å². The summed E-state index contributed by atoms with van der Waals surface area (Å²) in [6, 6.07) is 29.4. The number of methoxy groups -OCH3 is 1. The number of halogens is 2. The molecular formula is C41H36ClFN4O5S2. The van der Waals surface area contributed by atoms with Crippen molar-refractivity contribution in [2.75, 3.05) is 24.3 Å². The van der Waals surface area contributed by atoms with Crippen molar-refractivity contribution < 1.29 is 28.3 Å². The van der Waals surface area contributed by atoms with Crippen LogP contribution in [0.15, 0.2) is 114 Å². The van der Waals surface area contributed by atoms with Gasteiger partial charge in [-0.2, -0.15) is 0 Å². The third kappa shape index (κ3) is 9.44. The number of esters is 1. The number of hydrogen-bond donors (Lipinski definition) is 3. The number of nitrogens with one attached hydrogen (secondary N) is 3. The first kappa shape index (κ1) is 38.5. The zero-order chi connectivity index (χ0) is 38.2. The minimum Gasteiger partial charge on any atom is -0.465 e. The molecule has 1 unspecified atom stereocenters. The van der Waals surface area contributed by atoms with Gasteiger partial charge in [0.15, 0.2) is 0 Å². The van der Waals surface area contributed by atoms with Gasteiger partial charge in [0.2, 0.25) is 5.91 Å².